The SMILES string of the molecule is CCCN(CCCCCCCl)CC1CC1. The quantitative estimate of drug-likeness (QED) is 0.407. The third kappa shape index (κ3) is 7.19. The molecule has 1 saturated carbocycles. The minimum Gasteiger partial charge on any atom is -0.303 e. The largest absolute Gasteiger partial charge is 0.303 e. The molecule has 2 heteroatoms. The number of halogens is 1. The first kappa shape index (κ1) is 13.3. The van der Waals surface area contributed by atoms with Gasteiger partial charge in [-0.2, -0.15) is 0 Å². The molecule has 0 amide bonds. The molecule has 1 rings (SSSR count). The van der Waals surface area contributed by atoms with Crippen molar-refractivity contribution in [1.82, 2.24) is 4.90 Å². The Hall–Kier alpha value is 0.250. The number of hydrogen-bond acceptors (Lipinski definition) is 1. The fraction of sp³-hybridized carbons (Fsp3) is 1.00. The molecular weight excluding hydrogens is 206 g/mol. The Morgan fingerprint density at radius 3 is 2.40 bits per heavy atom. The van der Waals surface area contributed by atoms with Crippen LogP contribution in [0, 0.1) is 5.92 Å². The number of alkyl halides is 1. The summed E-state index contributed by atoms with van der Waals surface area (Å²) in [5, 5.41) is 0. The van der Waals surface area contributed by atoms with Crippen molar-refractivity contribution in [1.29, 1.82) is 0 Å². The molecule has 0 atom stereocenters. The standard InChI is InChI=1S/C13H26ClN/c1-2-10-15(12-13-7-8-13)11-6-4-3-5-9-14/h13H,2-12H2,1H3. The van der Waals surface area contributed by atoms with E-state index in [2.05, 4.69) is 11.8 Å². The minimum atomic E-state index is 0.834. The van der Waals surface area contributed by atoms with E-state index in [1.807, 2.05) is 0 Å². The Morgan fingerprint density at radius 1 is 1.07 bits per heavy atom. The highest BCUT2D eigenvalue weighted by molar-refractivity contribution is 6.17. The fourth-order valence-corrected chi connectivity index (χ4v) is 2.25. The van der Waals surface area contributed by atoms with Gasteiger partial charge in [-0.25, -0.2) is 0 Å². The Kier molecular flexibility index (Phi) is 7.46. The molecule has 0 aromatic rings. The lowest BCUT2D eigenvalue weighted by atomic mass is 10.2. The first-order chi connectivity index (χ1) is 7.36. The van der Waals surface area contributed by atoms with Crippen molar-refractivity contribution >= 4 is 11.6 Å². The predicted octanol–water partition coefficient (Wildman–Crippen LogP) is 3.91. The molecule has 1 aliphatic carbocycles. The van der Waals surface area contributed by atoms with Crippen LogP contribution in [0.2, 0.25) is 0 Å². The average Bonchev–Trinajstić information content (AvgIpc) is 3.01. The summed E-state index contributed by atoms with van der Waals surface area (Å²) < 4.78 is 0. The van der Waals surface area contributed by atoms with Crippen LogP contribution in [0.4, 0.5) is 0 Å². The summed E-state index contributed by atoms with van der Waals surface area (Å²) in [5.41, 5.74) is 0. The van der Waals surface area contributed by atoms with Crippen LogP contribution in [0.3, 0.4) is 0 Å². The molecule has 0 saturated heterocycles. The summed E-state index contributed by atoms with van der Waals surface area (Å²) in [4.78, 5) is 2.67. The monoisotopic (exact) mass is 231 g/mol. The van der Waals surface area contributed by atoms with Crippen LogP contribution in [0.5, 0.6) is 0 Å². The van der Waals surface area contributed by atoms with Gasteiger partial charge in [-0.15, -0.1) is 11.6 Å². The highest BCUT2D eigenvalue weighted by atomic mass is 35.5. The van der Waals surface area contributed by atoms with Gasteiger partial charge in [0, 0.05) is 12.4 Å². The fourth-order valence-electron chi connectivity index (χ4n) is 2.06. The lowest BCUT2D eigenvalue weighted by molar-refractivity contribution is 0.257. The second kappa shape index (κ2) is 8.41. The molecule has 15 heavy (non-hydrogen) atoms. The van der Waals surface area contributed by atoms with E-state index in [9.17, 15) is 0 Å². The van der Waals surface area contributed by atoms with Crippen molar-refractivity contribution in [2.24, 2.45) is 5.92 Å². The molecule has 0 radical (unpaired) electrons. The van der Waals surface area contributed by atoms with Gasteiger partial charge in [-0.1, -0.05) is 19.8 Å². The first-order valence-electron chi connectivity index (χ1n) is 6.65. The van der Waals surface area contributed by atoms with Crippen LogP contribution in [0.1, 0.15) is 51.9 Å². The summed E-state index contributed by atoms with van der Waals surface area (Å²) in [6, 6.07) is 0. The van der Waals surface area contributed by atoms with E-state index in [-0.39, 0.29) is 0 Å². The van der Waals surface area contributed by atoms with Gasteiger partial charge < -0.3 is 4.90 Å². The Labute approximate surface area is 100 Å². The van der Waals surface area contributed by atoms with Gasteiger partial charge in [0.1, 0.15) is 0 Å². The van der Waals surface area contributed by atoms with Gasteiger partial charge in [0.05, 0.1) is 0 Å². The third-order valence-corrected chi connectivity index (χ3v) is 3.38. The highest BCUT2D eigenvalue weighted by Gasteiger charge is 2.23. The van der Waals surface area contributed by atoms with Gasteiger partial charge in [-0.3, -0.25) is 0 Å². The maximum Gasteiger partial charge on any atom is 0.0223 e. The Morgan fingerprint density at radius 2 is 1.80 bits per heavy atom. The minimum absolute atomic E-state index is 0.834. The maximum absolute atomic E-state index is 5.66. The van der Waals surface area contributed by atoms with Crippen LogP contribution < -0.4 is 0 Å². The molecule has 1 fully saturated rings. The van der Waals surface area contributed by atoms with Crippen molar-refractivity contribution in [3.8, 4) is 0 Å². The van der Waals surface area contributed by atoms with Crippen molar-refractivity contribution in [2.75, 3.05) is 25.5 Å². The van der Waals surface area contributed by atoms with E-state index < -0.39 is 0 Å². The normalized spacial score (nSPS) is 16.2. The summed E-state index contributed by atoms with van der Waals surface area (Å²) in [5.74, 6) is 1.88. The van der Waals surface area contributed by atoms with E-state index in [4.69, 9.17) is 11.6 Å². The summed E-state index contributed by atoms with van der Waals surface area (Å²) in [7, 11) is 0. The predicted molar refractivity (Wildman–Crippen MR) is 68.6 cm³/mol. The van der Waals surface area contributed by atoms with Gasteiger partial charge in [0.2, 0.25) is 0 Å². The number of rotatable bonds is 10. The molecule has 90 valence electrons. The summed E-state index contributed by atoms with van der Waals surface area (Å²) in [6.07, 6.45) is 9.49. The molecule has 0 bridgehead atoms. The van der Waals surface area contributed by atoms with E-state index in [0.717, 1.165) is 11.8 Å². The van der Waals surface area contributed by atoms with Crippen molar-refractivity contribution < 1.29 is 0 Å². The van der Waals surface area contributed by atoms with E-state index in [0.29, 0.717) is 0 Å². The summed E-state index contributed by atoms with van der Waals surface area (Å²) >= 11 is 5.66. The molecule has 0 aromatic carbocycles. The van der Waals surface area contributed by atoms with E-state index >= 15 is 0 Å². The van der Waals surface area contributed by atoms with E-state index in [1.165, 1.54) is 64.6 Å². The van der Waals surface area contributed by atoms with Crippen LogP contribution >= 0.6 is 11.6 Å². The number of nitrogens with zero attached hydrogens (tertiary/aromatic N) is 1. The van der Waals surface area contributed by atoms with Crippen molar-refractivity contribution in [3.05, 3.63) is 0 Å². The Bertz CT molecular complexity index is 145. The maximum atomic E-state index is 5.66. The second-order valence-corrected chi connectivity index (χ2v) is 5.23. The molecule has 1 nitrogen and oxygen atoms in total. The van der Waals surface area contributed by atoms with E-state index in [1.54, 1.807) is 0 Å². The van der Waals surface area contributed by atoms with Crippen molar-refractivity contribution in [2.45, 2.75) is 51.9 Å². The average molecular weight is 232 g/mol. The number of unbranched alkanes of at least 4 members (excludes halogenated alkanes) is 3. The van der Waals surface area contributed by atoms with Gasteiger partial charge in [0.15, 0.2) is 0 Å². The van der Waals surface area contributed by atoms with Crippen LogP contribution in [0.15, 0.2) is 0 Å². The molecule has 0 spiro atoms. The third-order valence-electron chi connectivity index (χ3n) is 3.11. The highest BCUT2D eigenvalue weighted by Crippen LogP contribution is 2.29. The molecular formula is C13H26ClN. The molecule has 0 aliphatic heterocycles. The van der Waals surface area contributed by atoms with Crippen molar-refractivity contribution in [3.63, 3.8) is 0 Å². The zero-order chi connectivity index (χ0) is 10.9. The van der Waals surface area contributed by atoms with Gasteiger partial charge in [-0.05, 0) is 51.1 Å². The van der Waals surface area contributed by atoms with Gasteiger partial charge >= 0.3 is 0 Å². The number of hydrogen-bond donors (Lipinski definition) is 0. The Balaban J connectivity index is 1.97. The smallest absolute Gasteiger partial charge is 0.0223 e. The first-order valence-corrected chi connectivity index (χ1v) is 7.18. The van der Waals surface area contributed by atoms with Gasteiger partial charge in [0.25, 0.3) is 0 Å². The molecule has 0 heterocycles. The van der Waals surface area contributed by atoms with Crippen LogP contribution in [-0.4, -0.2) is 30.4 Å². The zero-order valence-corrected chi connectivity index (χ0v) is 10.9. The second-order valence-electron chi connectivity index (χ2n) is 4.85. The lowest BCUT2D eigenvalue weighted by Gasteiger charge is -2.21. The summed E-state index contributed by atoms with van der Waals surface area (Å²) in [6.45, 7) is 6.26. The molecule has 1 aliphatic rings. The molecule has 0 aromatic heterocycles. The van der Waals surface area contributed by atoms with Crippen LogP contribution in [0.25, 0.3) is 0 Å². The zero-order valence-electron chi connectivity index (χ0n) is 10.2. The molecule has 0 N–H and O–H groups in total. The lowest BCUT2D eigenvalue weighted by Crippen LogP contribution is -2.28. The molecule has 0 unspecified atom stereocenters. The van der Waals surface area contributed by atoms with Crippen LogP contribution in [-0.2, 0) is 0 Å². The topological polar surface area (TPSA) is 3.24 Å².